The first-order valence-electron chi connectivity index (χ1n) is 6.31. The molecular weight excluding hydrogens is 265 g/mol. The molecule has 1 aromatic carbocycles. The lowest BCUT2D eigenvalue weighted by Gasteiger charge is -2.22. The summed E-state index contributed by atoms with van der Waals surface area (Å²) in [6.07, 6.45) is -1.12. The van der Waals surface area contributed by atoms with Gasteiger partial charge in [-0.1, -0.05) is 20.8 Å². The van der Waals surface area contributed by atoms with Crippen molar-refractivity contribution in [3.63, 3.8) is 0 Å². The number of hydrogen-bond donors (Lipinski definition) is 0. The Morgan fingerprint density at radius 3 is 2.05 bits per heavy atom. The third-order valence-corrected chi connectivity index (χ3v) is 3.12. The molecule has 0 radical (unpaired) electrons. The summed E-state index contributed by atoms with van der Waals surface area (Å²) in [7, 11) is 0. The van der Waals surface area contributed by atoms with Gasteiger partial charge in [0.15, 0.2) is 0 Å². The quantitative estimate of drug-likeness (QED) is 0.753. The summed E-state index contributed by atoms with van der Waals surface area (Å²) in [5.41, 5.74) is 0.899. The fourth-order valence-corrected chi connectivity index (χ4v) is 1.92. The first-order chi connectivity index (χ1) is 9.07. The van der Waals surface area contributed by atoms with Crippen LogP contribution in [-0.4, -0.2) is 9.55 Å². The Labute approximate surface area is 116 Å². The van der Waals surface area contributed by atoms with E-state index >= 15 is 0 Å². The van der Waals surface area contributed by atoms with E-state index in [2.05, 4.69) is 4.98 Å². The zero-order chi connectivity index (χ0) is 15.1. The van der Waals surface area contributed by atoms with Crippen LogP contribution in [0.25, 0.3) is 5.69 Å². The molecule has 0 N–H and O–H groups in total. The van der Waals surface area contributed by atoms with Crippen molar-refractivity contribution < 1.29 is 13.2 Å². The number of alkyl halides is 3. The van der Waals surface area contributed by atoms with E-state index in [1.165, 1.54) is 12.4 Å². The normalized spacial score (nSPS) is 12.8. The molecule has 0 aliphatic rings. The molecule has 108 valence electrons. The SMILES string of the molecule is Cc1cn(-c2cc(C(C)(C)C)cc(C(F)(F)F)c2)cn1. The summed E-state index contributed by atoms with van der Waals surface area (Å²) in [5, 5.41) is 0. The van der Waals surface area contributed by atoms with Crippen LogP contribution in [0.3, 0.4) is 0 Å². The molecule has 0 fully saturated rings. The van der Waals surface area contributed by atoms with E-state index in [1.807, 2.05) is 20.8 Å². The number of rotatable bonds is 1. The minimum Gasteiger partial charge on any atom is -0.306 e. The molecule has 20 heavy (non-hydrogen) atoms. The molecule has 0 unspecified atom stereocenters. The minimum absolute atomic E-state index is 0.356. The number of imidazole rings is 1. The van der Waals surface area contributed by atoms with Crippen molar-refractivity contribution in [3.8, 4) is 5.69 Å². The second-order valence-corrected chi connectivity index (χ2v) is 5.94. The van der Waals surface area contributed by atoms with E-state index in [0.717, 1.165) is 11.8 Å². The van der Waals surface area contributed by atoms with E-state index in [-0.39, 0.29) is 5.41 Å². The summed E-state index contributed by atoms with van der Waals surface area (Å²) in [4.78, 5) is 4.06. The van der Waals surface area contributed by atoms with Gasteiger partial charge in [0, 0.05) is 11.9 Å². The highest BCUT2D eigenvalue weighted by molar-refractivity contribution is 5.44. The maximum Gasteiger partial charge on any atom is 0.416 e. The molecule has 2 aromatic rings. The Hall–Kier alpha value is -1.78. The lowest BCUT2D eigenvalue weighted by molar-refractivity contribution is -0.137. The smallest absolute Gasteiger partial charge is 0.306 e. The summed E-state index contributed by atoms with van der Waals surface area (Å²) in [6, 6.07) is 4.14. The molecule has 2 nitrogen and oxygen atoms in total. The van der Waals surface area contributed by atoms with Gasteiger partial charge >= 0.3 is 6.18 Å². The molecule has 1 aromatic heterocycles. The summed E-state index contributed by atoms with van der Waals surface area (Å²) < 4.78 is 40.7. The molecule has 0 saturated heterocycles. The molecule has 0 atom stereocenters. The largest absolute Gasteiger partial charge is 0.416 e. The van der Waals surface area contributed by atoms with Crippen LogP contribution in [0.2, 0.25) is 0 Å². The van der Waals surface area contributed by atoms with E-state index in [9.17, 15) is 13.2 Å². The van der Waals surface area contributed by atoms with E-state index < -0.39 is 11.7 Å². The summed E-state index contributed by atoms with van der Waals surface area (Å²) in [5.74, 6) is 0. The van der Waals surface area contributed by atoms with Crippen LogP contribution in [0, 0.1) is 6.92 Å². The van der Waals surface area contributed by atoms with Gasteiger partial charge in [-0.3, -0.25) is 0 Å². The fraction of sp³-hybridized carbons (Fsp3) is 0.400. The Kier molecular flexibility index (Phi) is 3.40. The Morgan fingerprint density at radius 2 is 1.60 bits per heavy atom. The van der Waals surface area contributed by atoms with Crippen molar-refractivity contribution >= 4 is 0 Å². The maximum absolute atomic E-state index is 13.0. The van der Waals surface area contributed by atoms with E-state index in [0.29, 0.717) is 11.3 Å². The fourth-order valence-electron chi connectivity index (χ4n) is 1.92. The molecule has 1 heterocycles. The van der Waals surface area contributed by atoms with Crippen molar-refractivity contribution in [2.24, 2.45) is 0 Å². The Morgan fingerprint density at radius 1 is 1.00 bits per heavy atom. The average molecular weight is 282 g/mol. The van der Waals surface area contributed by atoms with Crippen LogP contribution < -0.4 is 0 Å². The molecule has 0 bridgehead atoms. The highest BCUT2D eigenvalue weighted by atomic mass is 19.4. The molecule has 0 amide bonds. The van der Waals surface area contributed by atoms with Crippen LogP contribution in [0.15, 0.2) is 30.7 Å². The van der Waals surface area contributed by atoms with Crippen molar-refractivity contribution in [2.75, 3.05) is 0 Å². The summed E-state index contributed by atoms with van der Waals surface area (Å²) >= 11 is 0. The second kappa shape index (κ2) is 4.65. The Balaban J connectivity index is 2.63. The number of benzene rings is 1. The van der Waals surface area contributed by atoms with Gasteiger partial charge < -0.3 is 4.57 Å². The highest BCUT2D eigenvalue weighted by Crippen LogP contribution is 2.34. The predicted octanol–water partition coefficient (Wildman–Crippen LogP) is 4.50. The van der Waals surface area contributed by atoms with Gasteiger partial charge in [-0.25, -0.2) is 4.98 Å². The number of aromatic nitrogens is 2. The summed E-state index contributed by atoms with van der Waals surface area (Å²) in [6.45, 7) is 7.48. The standard InChI is InChI=1S/C15H17F3N2/c1-10-8-20(9-19-10)13-6-11(14(2,3)4)5-12(7-13)15(16,17)18/h5-9H,1-4H3. The topological polar surface area (TPSA) is 17.8 Å². The van der Waals surface area contributed by atoms with Gasteiger partial charge in [0.05, 0.1) is 17.6 Å². The lowest BCUT2D eigenvalue weighted by Crippen LogP contribution is -2.15. The van der Waals surface area contributed by atoms with Crippen molar-refractivity contribution in [3.05, 3.63) is 47.5 Å². The van der Waals surface area contributed by atoms with E-state index in [1.54, 1.807) is 23.8 Å². The monoisotopic (exact) mass is 282 g/mol. The van der Waals surface area contributed by atoms with Crippen molar-refractivity contribution in [1.82, 2.24) is 9.55 Å². The maximum atomic E-state index is 13.0. The van der Waals surface area contributed by atoms with Gasteiger partial charge in [-0.15, -0.1) is 0 Å². The van der Waals surface area contributed by atoms with Gasteiger partial charge in [0.1, 0.15) is 0 Å². The van der Waals surface area contributed by atoms with Crippen LogP contribution in [0.4, 0.5) is 13.2 Å². The third-order valence-electron chi connectivity index (χ3n) is 3.12. The van der Waals surface area contributed by atoms with Crippen molar-refractivity contribution in [2.45, 2.75) is 39.3 Å². The number of nitrogens with zero attached hydrogens (tertiary/aromatic N) is 2. The number of halogens is 3. The first kappa shape index (κ1) is 14.6. The molecule has 0 aliphatic heterocycles. The highest BCUT2D eigenvalue weighted by Gasteiger charge is 2.32. The first-order valence-corrected chi connectivity index (χ1v) is 6.31. The predicted molar refractivity (Wildman–Crippen MR) is 72.0 cm³/mol. The van der Waals surface area contributed by atoms with Gasteiger partial charge in [0.25, 0.3) is 0 Å². The van der Waals surface area contributed by atoms with Gasteiger partial charge in [-0.2, -0.15) is 13.2 Å². The third kappa shape index (κ3) is 3.03. The molecule has 2 rings (SSSR count). The number of aryl methyl sites for hydroxylation is 1. The minimum atomic E-state index is -4.36. The molecule has 0 saturated carbocycles. The van der Waals surface area contributed by atoms with Gasteiger partial charge in [-0.05, 0) is 36.1 Å². The molecule has 5 heteroatoms. The lowest BCUT2D eigenvalue weighted by atomic mass is 9.85. The molecule has 0 spiro atoms. The average Bonchev–Trinajstić information content (AvgIpc) is 2.73. The zero-order valence-electron chi connectivity index (χ0n) is 11.9. The van der Waals surface area contributed by atoms with Crippen LogP contribution in [0.1, 0.15) is 37.6 Å². The van der Waals surface area contributed by atoms with Gasteiger partial charge in [0.2, 0.25) is 0 Å². The van der Waals surface area contributed by atoms with Crippen LogP contribution in [-0.2, 0) is 11.6 Å². The van der Waals surface area contributed by atoms with E-state index in [4.69, 9.17) is 0 Å². The second-order valence-electron chi connectivity index (χ2n) is 5.94. The number of hydrogen-bond acceptors (Lipinski definition) is 1. The molecule has 0 aliphatic carbocycles. The molecular formula is C15H17F3N2. The zero-order valence-corrected chi connectivity index (χ0v) is 11.9. The van der Waals surface area contributed by atoms with Crippen LogP contribution >= 0.6 is 0 Å². The Bertz CT molecular complexity index is 587. The van der Waals surface area contributed by atoms with Crippen molar-refractivity contribution in [1.29, 1.82) is 0 Å². The van der Waals surface area contributed by atoms with Crippen LogP contribution in [0.5, 0.6) is 0 Å².